The number of ether oxygens (including phenoxy) is 1. The van der Waals surface area contributed by atoms with E-state index in [-0.39, 0.29) is 10.5 Å². The molecule has 3 rings (SSSR count). The average Bonchev–Trinajstić information content (AvgIpc) is 3.04. The summed E-state index contributed by atoms with van der Waals surface area (Å²) in [6.07, 6.45) is 7.45. The van der Waals surface area contributed by atoms with Crippen LogP contribution in [0.25, 0.3) is 0 Å². The highest BCUT2D eigenvalue weighted by molar-refractivity contribution is 8.01. The standard InChI is InChI=1S/C15H27NO3S2/c1-2-7-21(17,18)16-11-15(12-16)8-14(10-20-15)19-9-13-5-3-4-6-13/h13-14H,2-12H2,1H3. The molecule has 4 nitrogen and oxygen atoms in total. The van der Waals surface area contributed by atoms with Crippen LogP contribution in [-0.2, 0) is 14.8 Å². The van der Waals surface area contributed by atoms with Crippen molar-refractivity contribution in [2.24, 2.45) is 5.92 Å². The summed E-state index contributed by atoms with van der Waals surface area (Å²) in [7, 11) is -3.00. The van der Waals surface area contributed by atoms with Crippen LogP contribution in [0.3, 0.4) is 0 Å². The van der Waals surface area contributed by atoms with Gasteiger partial charge in [0, 0.05) is 30.2 Å². The summed E-state index contributed by atoms with van der Waals surface area (Å²) in [5, 5.41) is 0. The highest BCUT2D eigenvalue weighted by atomic mass is 32.2. The van der Waals surface area contributed by atoms with E-state index in [1.807, 2.05) is 18.7 Å². The first-order chi connectivity index (χ1) is 10.0. The van der Waals surface area contributed by atoms with E-state index in [9.17, 15) is 8.42 Å². The molecule has 6 heteroatoms. The first-order valence-corrected chi connectivity index (χ1v) is 10.9. The van der Waals surface area contributed by atoms with Crippen LogP contribution in [0.15, 0.2) is 0 Å². The molecule has 2 heterocycles. The molecule has 1 saturated carbocycles. The van der Waals surface area contributed by atoms with E-state index in [0.717, 1.165) is 24.7 Å². The highest BCUT2D eigenvalue weighted by Gasteiger charge is 2.52. The topological polar surface area (TPSA) is 46.6 Å². The van der Waals surface area contributed by atoms with Gasteiger partial charge in [0.1, 0.15) is 0 Å². The summed E-state index contributed by atoms with van der Waals surface area (Å²) < 4.78 is 32.0. The Balaban J connectivity index is 1.43. The second kappa shape index (κ2) is 6.38. The van der Waals surface area contributed by atoms with Gasteiger partial charge >= 0.3 is 0 Å². The van der Waals surface area contributed by atoms with Crippen LogP contribution in [0, 0.1) is 5.92 Å². The van der Waals surface area contributed by atoms with Crippen molar-refractivity contribution in [2.45, 2.75) is 56.3 Å². The van der Waals surface area contributed by atoms with Crippen molar-refractivity contribution >= 4 is 21.8 Å². The number of hydrogen-bond donors (Lipinski definition) is 0. The van der Waals surface area contributed by atoms with E-state index in [4.69, 9.17) is 4.74 Å². The maximum atomic E-state index is 12.0. The van der Waals surface area contributed by atoms with Gasteiger partial charge in [-0.15, -0.1) is 11.8 Å². The summed E-state index contributed by atoms with van der Waals surface area (Å²) in [4.78, 5) is 0. The van der Waals surface area contributed by atoms with Gasteiger partial charge in [0.15, 0.2) is 0 Å². The van der Waals surface area contributed by atoms with Crippen LogP contribution in [-0.4, -0.2) is 54.8 Å². The van der Waals surface area contributed by atoms with Gasteiger partial charge in [-0.05, 0) is 31.6 Å². The third-order valence-corrected chi connectivity index (χ3v) is 8.55. The Hall–Kier alpha value is 0.220. The second-order valence-electron chi connectivity index (χ2n) is 6.89. The van der Waals surface area contributed by atoms with Crippen LogP contribution >= 0.6 is 11.8 Å². The van der Waals surface area contributed by atoms with E-state index in [2.05, 4.69) is 0 Å². The molecule has 3 fully saturated rings. The summed E-state index contributed by atoms with van der Waals surface area (Å²) in [5.74, 6) is 2.10. The maximum absolute atomic E-state index is 12.0. The van der Waals surface area contributed by atoms with Gasteiger partial charge < -0.3 is 4.74 Å². The third kappa shape index (κ3) is 3.59. The molecule has 1 spiro atoms. The molecular formula is C15H27NO3S2. The molecular weight excluding hydrogens is 306 g/mol. The molecule has 1 unspecified atom stereocenters. The quantitative estimate of drug-likeness (QED) is 0.749. The Bertz CT molecular complexity index is 454. The van der Waals surface area contributed by atoms with Gasteiger partial charge in [0.25, 0.3) is 0 Å². The molecule has 0 amide bonds. The lowest BCUT2D eigenvalue weighted by Crippen LogP contribution is -2.61. The summed E-state index contributed by atoms with van der Waals surface area (Å²) in [6.45, 7) is 4.23. The lowest BCUT2D eigenvalue weighted by molar-refractivity contribution is 0.0303. The molecule has 0 aromatic heterocycles. The molecule has 0 aromatic carbocycles. The highest BCUT2D eigenvalue weighted by Crippen LogP contribution is 2.47. The van der Waals surface area contributed by atoms with Crippen molar-refractivity contribution < 1.29 is 13.2 Å². The van der Waals surface area contributed by atoms with Gasteiger partial charge in [-0.1, -0.05) is 19.8 Å². The molecule has 122 valence electrons. The molecule has 0 aromatic rings. The van der Waals surface area contributed by atoms with E-state index in [1.165, 1.54) is 25.7 Å². The normalized spacial score (nSPS) is 30.0. The first kappa shape index (κ1) is 16.1. The zero-order chi connectivity index (χ0) is 14.9. The van der Waals surface area contributed by atoms with Crippen molar-refractivity contribution in [1.29, 1.82) is 0 Å². The smallest absolute Gasteiger partial charge is 0.214 e. The fraction of sp³-hybridized carbons (Fsp3) is 1.00. The van der Waals surface area contributed by atoms with Crippen molar-refractivity contribution in [3.8, 4) is 0 Å². The van der Waals surface area contributed by atoms with E-state index >= 15 is 0 Å². The Morgan fingerprint density at radius 3 is 2.67 bits per heavy atom. The van der Waals surface area contributed by atoms with Gasteiger partial charge in [0.05, 0.1) is 11.9 Å². The molecule has 0 bridgehead atoms. The largest absolute Gasteiger partial charge is 0.377 e. The third-order valence-electron chi connectivity index (χ3n) is 5.00. The summed E-state index contributed by atoms with van der Waals surface area (Å²) in [5.41, 5.74) is 0. The van der Waals surface area contributed by atoms with Crippen LogP contribution in [0.5, 0.6) is 0 Å². The van der Waals surface area contributed by atoms with Crippen LogP contribution in [0.1, 0.15) is 45.4 Å². The fourth-order valence-corrected chi connectivity index (χ4v) is 7.14. The van der Waals surface area contributed by atoms with Crippen molar-refractivity contribution in [3.63, 3.8) is 0 Å². The average molecular weight is 334 g/mol. The Morgan fingerprint density at radius 1 is 1.29 bits per heavy atom. The van der Waals surface area contributed by atoms with Crippen LogP contribution in [0.2, 0.25) is 0 Å². The van der Waals surface area contributed by atoms with Gasteiger partial charge in [-0.2, -0.15) is 4.31 Å². The zero-order valence-electron chi connectivity index (χ0n) is 12.9. The lowest BCUT2D eigenvalue weighted by atomic mass is 9.95. The second-order valence-corrected chi connectivity index (χ2v) is 10.5. The maximum Gasteiger partial charge on any atom is 0.214 e. The summed E-state index contributed by atoms with van der Waals surface area (Å²) >= 11 is 1.93. The van der Waals surface area contributed by atoms with Crippen molar-refractivity contribution in [2.75, 3.05) is 31.2 Å². The first-order valence-electron chi connectivity index (χ1n) is 8.26. The lowest BCUT2D eigenvalue weighted by Gasteiger charge is -2.46. The Labute approximate surface area is 133 Å². The van der Waals surface area contributed by atoms with Crippen molar-refractivity contribution in [1.82, 2.24) is 4.31 Å². The van der Waals surface area contributed by atoms with Crippen molar-refractivity contribution in [3.05, 3.63) is 0 Å². The SMILES string of the molecule is CCCS(=O)(=O)N1CC2(CC(OCC3CCCC3)CS2)C1. The molecule has 0 radical (unpaired) electrons. The van der Waals surface area contributed by atoms with E-state index in [1.54, 1.807) is 4.31 Å². The number of rotatable bonds is 6. The molecule has 2 saturated heterocycles. The number of nitrogens with zero attached hydrogens (tertiary/aromatic N) is 1. The summed E-state index contributed by atoms with van der Waals surface area (Å²) in [6, 6.07) is 0. The number of sulfonamides is 1. The van der Waals surface area contributed by atoms with Gasteiger partial charge in [-0.25, -0.2) is 8.42 Å². The van der Waals surface area contributed by atoms with E-state index < -0.39 is 10.0 Å². The minimum Gasteiger partial charge on any atom is -0.377 e. The monoisotopic (exact) mass is 333 g/mol. The molecule has 1 atom stereocenters. The van der Waals surface area contributed by atoms with Gasteiger partial charge in [0.2, 0.25) is 10.0 Å². The minimum absolute atomic E-state index is 0.154. The fourth-order valence-electron chi connectivity index (χ4n) is 3.76. The van der Waals surface area contributed by atoms with Gasteiger partial charge in [-0.3, -0.25) is 0 Å². The van der Waals surface area contributed by atoms with Crippen LogP contribution in [0.4, 0.5) is 0 Å². The predicted octanol–water partition coefficient (Wildman–Crippen LogP) is 2.49. The molecule has 0 N–H and O–H groups in total. The molecule has 1 aliphatic carbocycles. The predicted molar refractivity (Wildman–Crippen MR) is 87.2 cm³/mol. The molecule has 21 heavy (non-hydrogen) atoms. The molecule has 2 aliphatic heterocycles. The minimum atomic E-state index is -3.00. The molecule has 3 aliphatic rings. The Kier molecular flexibility index (Phi) is 4.89. The zero-order valence-corrected chi connectivity index (χ0v) is 14.6. The van der Waals surface area contributed by atoms with Crippen LogP contribution < -0.4 is 0 Å². The number of thioether (sulfide) groups is 1. The van der Waals surface area contributed by atoms with E-state index in [0.29, 0.717) is 25.6 Å². The Morgan fingerprint density at radius 2 is 2.00 bits per heavy atom. The number of hydrogen-bond acceptors (Lipinski definition) is 4.